The van der Waals surface area contributed by atoms with Gasteiger partial charge in [0.1, 0.15) is 5.75 Å². The van der Waals surface area contributed by atoms with E-state index in [1.807, 2.05) is 0 Å². The molecule has 1 rings (SSSR count). The Morgan fingerprint density at radius 3 is 2.31 bits per heavy atom. The van der Waals surface area contributed by atoms with Crippen LogP contribution in [0, 0.1) is 0 Å². The van der Waals surface area contributed by atoms with Crippen LogP contribution in [-0.2, 0) is 6.42 Å². The van der Waals surface area contributed by atoms with E-state index in [1.165, 1.54) is 6.07 Å². The first-order chi connectivity index (χ1) is 6.15. The van der Waals surface area contributed by atoms with E-state index in [0.717, 1.165) is 6.07 Å². The molecule has 13 heavy (non-hydrogen) atoms. The summed E-state index contributed by atoms with van der Waals surface area (Å²) >= 11 is 0. The summed E-state index contributed by atoms with van der Waals surface area (Å²) in [6, 6.07) is 2.41. The van der Waals surface area contributed by atoms with Gasteiger partial charge in [0.05, 0.1) is 0 Å². The highest BCUT2D eigenvalue weighted by atomic mass is 16.3. The highest BCUT2D eigenvalue weighted by Gasteiger charge is 2.06. The van der Waals surface area contributed by atoms with E-state index in [9.17, 15) is 5.11 Å². The Labute approximate surface area is 75.4 Å². The zero-order valence-electron chi connectivity index (χ0n) is 6.99. The van der Waals surface area contributed by atoms with Crippen molar-refractivity contribution >= 4 is 0 Å². The molecule has 0 unspecified atom stereocenters. The van der Waals surface area contributed by atoms with Crippen LogP contribution in [0.5, 0.6) is 17.2 Å². The maximum atomic E-state index is 9.30. The van der Waals surface area contributed by atoms with Gasteiger partial charge < -0.3 is 15.3 Å². The molecule has 0 saturated carbocycles. The Kier molecular flexibility index (Phi) is 2.94. The molecule has 1 aromatic carbocycles. The monoisotopic (exact) mass is 184 g/mol. The van der Waals surface area contributed by atoms with E-state index in [1.54, 1.807) is 0 Å². The number of nitrogens with two attached hydrogens (primary N) is 1. The molecule has 0 fully saturated rings. The number of benzene rings is 1. The van der Waals surface area contributed by atoms with Gasteiger partial charge in [-0.15, -0.1) is 0 Å². The van der Waals surface area contributed by atoms with Crippen LogP contribution in [0.2, 0.25) is 0 Å². The van der Waals surface area contributed by atoms with E-state index < -0.39 is 0 Å². The van der Waals surface area contributed by atoms with Gasteiger partial charge in [0.25, 0.3) is 0 Å². The Morgan fingerprint density at radius 2 is 1.69 bits per heavy atom. The third kappa shape index (κ3) is 2.24. The molecule has 0 heterocycles. The van der Waals surface area contributed by atoms with Gasteiger partial charge >= 0.3 is 0 Å². The van der Waals surface area contributed by atoms with Gasteiger partial charge in [-0.3, -0.25) is 11.3 Å². The van der Waals surface area contributed by atoms with Gasteiger partial charge in [0.2, 0.25) is 0 Å². The second kappa shape index (κ2) is 3.97. The molecular weight excluding hydrogens is 172 g/mol. The van der Waals surface area contributed by atoms with Crippen LogP contribution in [0.25, 0.3) is 0 Å². The van der Waals surface area contributed by atoms with Crippen molar-refractivity contribution in [2.24, 2.45) is 5.84 Å². The zero-order valence-corrected chi connectivity index (χ0v) is 6.99. The van der Waals surface area contributed by atoms with Crippen LogP contribution in [0.15, 0.2) is 12.1 Å². The van der Waals surface area contributed by atoms with Gasteiger partial charge in [-0.2, -0.15) is 0 Å². The minimum absolute atomic E-state index is 0.0504. The lowest BCUT2D eigenvalue weighted by molar-refractivity contribution is 0.394. The minimum Gasteiger partial charge on any atom is -0.508 e. The van der Waals surface area contributed by atoms with Crippen molar-refractivity contribution in [3.8, 4) is 17.2 Å². The van der Waals surface area contributed by atoms with Crippen molar-refractivity contribution in [3.63, 3.8) is 0 Å². The fourth-order valence-electron chi connectivity index (χ4n) is 1.02. The van der Waals surface area contributed by atoms with Gasteiger partial charge in [0.15, 0.2) is 11.5 Å². The zero-order chi connectivity index (χ0) is 9.84. The van der Waals surface area contributed by atoms with Gasteiger partial charge in [-0.05, 0) is 18.1 Å². The molecule has 1 aromatic rings. The quantitative estimate of drug-likeness (QED) is 0.194. The van der Waals surface area contributed by atoms with Crippen LogP contribution >= 0.6 is 0 Å². The molecule has 5 nitrogen and oxygen atoms in total. The molecule has 6 N–H and O–H groups in total. The van der Waals surface area contributed by atoms with E-state index in [-0.39, 0.29) is 17.2 Å². The number of rotatable bonds is 3. The second-order valence-electron chi connectivity index (χ2n) is 2.67. The number of aromatic hydroxyl groups is 3. The summed E-state index contributed by atoms with van der Waals surface area (Å²) in [6.07, 6.45) is 0.482. The first kappa shape index (κ1) is 9.63. The molecule has 0 atom stereocenters. The summed E-state index contributed by atoms with van der Waals surface area (Å²) in [4.78, 5) is 0. The molecule has 0 amide bonds. The Morgan fingerprint density at radius 1 is 1.08 bits per heavy atom. The third-order valence-electron chi connectivity index (χ3n) is 1.71. The van der Waals surface area contributed by atoms with Crippen LogP contribution in [0.3, 0.4) is 0 Å². The largest absolute Gasteiger partial charge is 0.508 e. The highest BCUT2D eigenvalue weighted by molar-refractivity contribution is 5.48. The summed E-state index contributed by atoms with van der Waals surface area (Å²) in [5.41, 5.74) is 2.96. The van der Waals surface area contributed by atoms with Crippen molar-refractivity contribution in [2.45, 2.75) is 6.42 Å². The predicted molar refractivity (Wildman–Crippen MR) is 47.3 cm³/mol. The predicted octanol–water partition coefficient (Wildman–Crippen LogP) is -0.191. The van der Waals surface area contributed by atoms with Gasteiger partial charge in [0, 0.05) is 12.6 Å². The topological polar surface area (TPSA) is 98.7 Å². The van der Waals surface area contributed by atoms with Crippen LogP contribution in [0.1, 0.15) is 5.56 Å². The lowest BCUT2D eigenvalue weighted by Gasteiger charge is -2.05. The summed E-state index contributed by atoms with van der Waals surface area (Å²) in [6.45, 7) is 0.484. The molecular formula is C8H12N2O3. The number of phenols is 3. The van der Waals surface area contributed by atoms with E-state index in [2.05, 4.69) is 5.43 Å². The average molecular weight is 184 g/mol. The molecule has 0 bridgehead atoms. The Hall–Kier alpha value is -1.46. The molecule has 0 aliphatic rings. The second-order valence-corrected chi connectivity index (χ2v) is 2.67. The maximum Gasteiger partial charge on any atom is 0.161 e. The molecule has 72 valence electrons. The van der Waals surface area contributed by atoms with Crippen LogP contribution in [-0.4, -0.2) is 21.9 Å². The van der Waals surface area contributed by atoms with Crippen LogP contribution < -0.4 is 11.3 Å². The molecule has 5 heteroatoms. The lowest BCUT2D eigenvalue weighted by Crippen LogP contribution is -2.24. The molecule has 0 aromatic heterocycles. The van der Waals surface area contributed by atoms with Crippen molar-refractivity contribution in [3.05, 3.63) is 17.7 Å². The molecule has 0 radical (unpaired) electrons. The van der Waals surface area contributed by atoms with Crippen LogP contribution in [0.4, 0.5) is 0 Å². The first-order valence-electron chi connectivity index (χ1n) is 3.82. The van der Waals surface area contributed by atoms with Crippen molar-refractivity contribution < 1.29 is 15.3 Å². The maximum absolute atomic E-state index is 9.30. The number of hydrogen-bond acceptors (Lipinski definition) is 5. The third-order valence-corrected chi connectivity index (χ3v) is 1.71. The Bertz CT molecular complexity index is 302. The van der Waals surface area contributed by atoms with E-state index >= 15 is 0 Å². The normalized spacial score (nSPS) is 10.2. The Balaban J connectivity index is 2.88. The fraction of sp³-hybridized carbons (Fsp3) is 0.250. The van der Waals surface area contributed by atoms with E-state index in [4.69, 9.17) is 16.1 Å². The first-order valence-corrected chi connectivity index (χ1v) is 3.82. The SMILES string of the molecule is NNCCc1cc(O)c(O)cc1O. The smallest absolute Gasteiger partial charge is 0.161 e. The standard InChI is InChI=1S/C8H12N2O3/c9-10-2-1-5-3-7(12)8(13)4-6(5)11/h3-4,10-13H,1-2,9H2. The van der Waals surface area contributed by atoms with Gasteiger partial charge in [-0.25, -0.2) is 0 Å². The number of phenolic OH excluding ortho intramolecular Hbond substituents is 3. The number of nitrogens with one attached hydrogen (secondary N) is 1. The fourth-order valence-corrected chi connectivity index (χ4v) is 1.02. The molecule has 0 aliphatic heterocycles. The summed E-state index contributed by atoms with van der Waals surface area (Å²) in [7, 11) is 0. The molecule has 0 saturated heterocycles. The minimum atomic E-state index is -0.332. The van der Waals surface area contributed by atoms with E-state index in [0.29, 0.717) is 18.5 Å². The highest BCUT2D eigenvalue weighted by Crippen LogP contribution is 2.32. The molecule has 0 spiro atoms. The number of hydrogen-bond donors (Lipinski definition) is 5. The summed E-state index contributed by atoms with van der Waals surface area (Å²) < 4.78 is 0. The van der Waals surface area contributed by atoms with Crippen molar-refractivity contribution in [1.82, 2.24) is 5.43 Å². The van der Waals surface area contributed by atoms with Crippen molar-refractivity contribution in [1.29, 1.82) is 0 Å². The lowest BCUT2D eigenvalue weighted by atomic mass is 10.1. The summed E-state index contributed by atoms with van der Waals surface area (Å²) in [5, 5.41) is 27.4. The summed E-state index contributed by atoms with van der Waals surface area (Å²) in [5.74, 6) is 4.42. The van der Waals surface area contributed by atoms with Crippen molar-refractivity contribution in [2.75, 3.05) is 6.54 Å². The van der Waals surface area contributed by atoms with Gasteiger partial charge in [-0.1, -0.05) is 0 Å². The number of hydrazine groups is 1. The average Bonchev–Trinajstić information content (AvgIpc) is 2.09. The molecule has 0 aliphatic carbocycles.